The number of hydrogen-bond donors (Lipinski definition) is 1. The van der Waals surface area contributed by atoms with Gasteiger partial charge in [0.1, 0.15) is 0 Å². The van der Waals surface area contributed by atoms with Gasteiger partial charge in [0.05, 0.1) is 5.41 Å². The van der Waals surface area contributed by atoms with Crippen molar-refractivity contribution in [2.75, 3.05) is 5.32 Å². The average Bonchev–Trinajstić information content (AvgIpc) is 2.77. The summed E-state index contributed by atoms with van der Waals surface area (Å²) in [6, 6.07) is 35.7. The first-order valence-electron chi connectivity index (χ1n) is 10.3. The molecule has 140 valence electrons. The third-order valence-corrected chi connectivity index (χ3v) is 6.94. The second kappa shape index (κ2) is 5.61. The van der Waals surface area contributed by atoms with Crippen molar-refractivity contribution < 1.29 is 0 Å². The monoisotopic (exact) mass is 373 g/mol. The summed E-state index contributed by atoms with van der Waals surface area (Å²) in [5.41, 5.74) is 10.3. The van der Waals surface area contributed by atoms with Crippen molar-refractivity contribution in [1.29, 1.82) is 0 Å². The molecule has 1 heterocycles. The molecule has 29 heavy (non-hydrogen) atoms. The van der Waals surface area contributed by atoms with Crippen molar-refractivity contribution in [3.8, 4) is 0 Å². The number of rotatable bonds is 0. The minimum Gasteiger partial charge on any atom is -0.355 e. The molecular formula is C28H23N. The van der Waals surface area contributed by atoms with Crippen LogP contribution in [0.1, 0.15) is 47.2 Å². The molecule has 0 fully saturated rings. The smallest absolute Gasteiger partial charge is 0.0747 e. The van der Waals surface area contributed by atoms with Crippen LogP contribution in [0.5, 0.6) is 0 Å². The summed E-state index contributed by atoms with van der Waals surface area (Å²) in [6.45, 7) is 4.72. The highest BCUT2D eigenvalue weighted by Crippen LogP contribution is 2.60. The average molecular weight is 373 g/mol. The zero-order chi connectivity index (χ0) is 19.6. The fraction of sp³-hybridized carbons (Fsp3) is 0.143. The summed E-state index contributed by atoms with van der Waals surface area (Å²) in [6.07, 6.45) is 0. The number of benzene rings is 4. The lowest BCUT2D eigenvalue weighted by atomic mass is 9.53. The zero-order valence-corrected chi connectivity index (χ0v) is 16.7. The van der Waals surface area contributed by atoms with Gasteiger partial charge in [0.15, 0.2) is 0 Å². The largest absolute Gasteiger partial charge is 0.355 e. The number of hydrogen-bond acceptors (Lipinski definition) is 1. The third kappa shape index (κ3) is 1.95. The zero-order valence-electron chi connectivity index (χ0n) is 16.7. The number of fused-ring (bicyclic) bond motifs is 8. The first-order valence-corrected chi connectivity index (χ1v) is 10.3. The highest BCUT2D eigenvalue weighted by Gasteiger charge is 2.51. The molecule has 1 N–H and O–H groups in total. The maximum atomic E-state index is 3.69. The Kier molecular flexibility index (Phi) is 3.21. The van der Waals surface area contributed by atoms with Gasteiger partial charge in [-0.2, -0.15) is 0 Å². The fourth-order valence-electron chi connectivity index (χ4n) is 5.71. The van der Waals surface area contributed by atoms with Crippen LogP contribution in [0.25, 0.3) is 0 Å². The molecule has 1 aliphatic carbocycles. The molecule has 0 atom stereocenters. The molecule has 0 aromatic heterocycles. The van der Waals surface area contributed by atoms with Gasteiger partial charge in [-0.3, -0.25) is 0 Å². The molecule has 1 nitrogen and oxygen atoms in total. The highest BCUT2D eigenvalue weighted by molar-refractivity contribution is 5.84. The first-order chi connectivity index (χ1) is 14.1. The Morgan fingerprint density at radius 3 is 1.24 bits per heavy atom. The molecule has 1 spiro atoms. The standard InChI is InChI=1S/C28H23N/c1-27(2)19-11-3-5-13-21(19)28(22-14-6-4-12-20(22)27)23-15-7-9-17-25(23)29-26-18-10-8-16-24(26)28/h3-18,29H,1-2H3. The van der Waals surface area contributed by atoms with E-state index in [-0.39, 0.29) is 10.8 Å². The summed E-state index contributed by atoms with van der Waals surface area (Å²) in [7, 11) is 0. The third-order valence-electron chi connectivity index (χ3n) is 6.94. The lowest BCUT2D eigenvalue weighted by Gasteiger charge is -2.50. The van der Waals surface area contributed by atoms with Crippen LogP contribution in [0, 0.1) is 0 Å². The van der Waals surface area contributed by atoms with E-state index < -0.39 is 0 Å². The molecular weight excluding hydrogens is 350 g/mol. The lowest BCUT2D eigenvalue weighted by Crippen LogP contribution is -2.43. The van der Waals surface area contributed by atoms with Crippen LogP contribution in [-0.2, 0) is 10.8 Å². The van der Waals surface area contributed by atoms with Gasteiger partial charge in [0.25, 0.3) is 0 Å². The van der Waals surface area contributed by atoms with E-state index in [0.717, 1.165) is 0 Å². The van der Waals surface area contributed by atoms with E-state index in [9.17, 15) is 0 Å². The maximum absolute atomic E-state index is 3.69. The molecule has 0 unspecified atom stereocenters. The molecule has 0 saturated heterocycles. The van der Waals surface area contributed by atoms with Crippen LogP contribution in [0.15, 0.2) is 97.1 Å². The van der Waals surface area contributed by atoms with Gasteiger partial charge < -0.3 is 5.32 Å². The normalized spacial score (nSPS) is 16.8. The van der Waals surface area contributed by atoms with Crippen molar-refractivity contribution in [1.82, 2.24) is 0 Å². The van der Waals surface area contributed by atoms with Gasteiger partial charge in [-0.1, -0.05) is 98.8 Å². The molecule has 0 amide bonds. The Labute approximate surface area is 172 Å². The van der Waals surface area contributed by atoms with E-state index in [1.807, 2.05) is 0 Å². The highest BCUT2D eigenvalue weighted by atomic mass is 14.9. The Bertz CT molecular complexity index is 1170. The second-order valence-electron chi connectivity index (χ2n) is 8.68. The van der Waals surface area contributed by atoms with E-state index in [1.165, 1.54) is 44.8 Å². The van der Waals surface area contributed by atoms with Crippen molar-refractivity contribution in [3.05, 3.63) is 130 Å². The molecule has 6 rings (SSSR count). The van der Waals surface area contributed by atoms with Crippen molar-refractivity contribution in [2.45, 2.75) is 24.7 Å². The minimum atomic E-state index is -0.318. The second-order valence-corrected chi connectivity index (χ2v) is 8.68. The van der Waals surface area contributed by atoms with Gasteiger partial charge in [-0.15, -0.1) is 0 Å². The topological polar surface area (TPSA) is 12.0 Å². The Hall–Kier alpha value is -3.32. The summed E-state index contributed by atoms with van der Waals surface area (Å²) < 4.78 is 0. The minimum absolute atomic E-state index is 0.0484. The van der Waals surface area contributed by atoms with Crippen molar-refractivity contribution in [3.63, 3.8) is 0 Å². The van der Waals surface area contributed by atoms with Crippen molar-refractivity contribution >= 4 is 11.4 Å². The van der Waals surface area contributed by atoms with E-state index in [4.69, 9.17) is 0 Å². The molecule has 4 aromatic rings. The molecule has 0 saturated carbocycles. The number of anilines is 2. The van der Waals surface area contributed by atoms with E-state index in [2.05, 4.69) is 116 Å². The molecule has 2 aliphatic rings. The molecule has 4 aromatic carbocycles. The van der Waals surface area contributed by atoms with Gasteiger partial charge in [-0.05, 0) is 45.5 Å². The quantitative estimate of drug-likeness (QED) is 0.316. The fourth-order valence-corrected chi connectivity index (χ4v) is 5.71. The predicted octanol–water partition coefficient (Wildman–Crippen LogP) is 6.77. The number of para-hydroxylation sites is 2. The van der Waals surface area contributed by atoms with Gasteiger partial charge in [0, 0.05) is 16.8 Å². The van der Waals surface area contributed by atoms with Crippen LogP contribution in [0.2, 0.25) is 0 Å². The lowest BCUT2D eigenvalue weighted by molar-refractivity contribution is 0.558. The van der Waals surface area contributed by atoms with E-state index in [0.29, 0.717) is 0 Å². The first kappa shape index (κ1) is 16.6. The van der Waals surface area contributed by atoms with E-state index >= 15 is 0 Å². The SMILES string of the molecule is CC1(C)c2ccccc2C2(c3ccccc3Nc3ccccc32)c2ccccc21. The van der Waals surface area contributed by atoms with Gasteiger partial charge in [0.2, 0.25) is 0 Å². The van der Waals surface area contributed by atoms with Crippen LogP contribution < -0.4 is 5.32 Å². The van der Waals surface area contributed by atoms with Crippen LogP contribution in [0.3, 0.4) is 0 Å². The van der Waals surface area contributed by atoms with Crippen LogP contribution in [-0.4, -0.2) is 0 Å². The Morgan fingerprint density at radius 1 is 0.448 bits per heavy atom. The van der Waals surface area contributed by atoms with Gasteiger partial charge in [-0.25, -0.2) is 0 Å². The number of nitrogens with one attached hydrogen (secondary N) is 1. The summed E-state index contributed by atoms with van der Waals surface area (Å²) in [5.74, 6) is 0. The maximum Gasteiger partial charge on any atom is 0.0747 e. The Balaban J connectivity index is 1.88. The molecule has 1 aliphatic heterocycles. The van der Waals surface area contributed by atoms with Crippen molar-refractivity contribution in [2.24, 2.45) is 0 Å². The predicted molar refractivity (Wildman–Crippen MR) is 120 cm³/mol. The van der Waals surface area contributed by atoms with E-state index in [1.54, 1.807) is 0 Å². The Morgan fingerprint density at radius 2 is 0.793 bits per heavy atom. The summed E-state index contributed by atoms with van der Waals surface area (Å²) >= 11 is 0. The molecule has 1 heteroatoms. The molecule has 0 radical (unpaired) electrons. The summed E-state index contributed by atoms with van der Waals surface area (Å²) in [5, 5.41) is 3.69. The summed E-state index contributed by atoms with van der Waals surface area (Å²) in [4.78, 5) is 0. The molecule has 0 bridgehead atoms. The van der Waals surface area contributed by atoms with Crippen LogP contribution in [0.4, 0.5) is 11.4 Å². The van der Waals surface area contributed by atoms with Crippen LogP contribution >= 0.6 is 0 Å². The van der Waals surface area contributed by atoms with Gasteiger partial charge >= 0.3 is 0 Å².